The van der Waals surface area contributed by atoms with Crippen molar-refractivity contribution < 1.29 is 18.4 Å². The summed E-state index contributed by atoms with van der Waals surface area (Å²) in [4.78, 5) is 30.6. The third kappa shape index (κ3) is 4.24. The van der Waals surface area contributed by atoms with Crippen molar-refractivity contribution in [3.8, 4) is 0 Å². The van der Waals surface area contributed by atoms with E-state index in [4.69, 9.17) is 0 Å². The van der Waals surface area contributed by atoms with Crippen molar-refractivity contribution in [2.24, 2.45) is 5.41 Å². The first-order chi connectivity index (χ1) is 12.2. The van der Waals surface area contributed by atoms with Crippen LogP contribution >= 0.6 is 11.3 Å². The number of carbonyl (C=O) groups excluding carboxylic acids is 2. The molecule has 0 atom stereocenters. The molecule has 2 heterocycles. The summed E-state index contributed by atoms with van der Waals surface area (Å²) in [5.41, 5.74) is 0.180. The third-order valence-corrected chi connectivity index (χ3v) is 5.01. The lowest BCUT2D eigenvalue weighted by Crippen LogP contribution is -2.43. The summed E-state index contributed by atoms with van der Waals surface area (Å²) in [6, 6.07) is 2.57. The minimum atomic E-state index is -0.835. The van der Waals surface area contributed by atoms with Crippen LogP contribution in [-0.2, 0) is 0 Å². The minimum Gasteiger partial charge on any atom is -0.337 e. The van der Waals surface area contributed by atoms with Gasteiger partial charge in [-0.15, -0.1) is 11.3 Å². The van der Waals surface area contributed by atoms with Crippen LogP contribution in [0.25, 0.3) is 0 Å². The second kappa shape index (κ2) is 7.11. The van der Waals surface area contributed by atoms with Gasteiger partial charge in [0.25, 0.3) is 11.8 Å². The number of likely N-dealkylation sites (tertiary alicyclic amines) is 1. The largest absolute Gasteiger partial charge is 0.337 e. The van der Waals surface area contributed by atoms with Crippen molar-refractivity contribution in [2.75, 3.05) is 18.4 Å². The van der Waals surface area contributed by atoms with Crippen LogP contribution in [0.5, 0.6) is 0 Å². The highest BCUT2D eigenvalue weighted by Crippen LogP contribution is 2.29. The van der Waals surface area contributed by atoms with E-state index in [1.165, 1.54) is 0 Å². The molecule has 0 saturated carbocycles. The molecule has 1 aromatic heterocycles. The van der Waals surface area contributed by atoms with Crippen molar-refractivity contribution in [3.05, 3.63) is 46.5 Å². The number of piperidine rings is 1. The molecule has 5 nitrogen and oxygen atoms in total. The van der Waals surface area contributed by atoms with Gasteiger partial charge in [-0.05, 0) is 30.4 Å². The monoisotopic (exact) mass is 379 g/mol. The maximum absolute atomic E-state index is 13.2. The number of nitrogens with one attached hydrogen (secondary N) is 1. The highest BCUT2D eigenvalue weighted by molar-refractivity contribution is 7.14. The molecule has 1 saturated heterocycles. The lowest BCUT2D eigenvalue weighted by atomic mass is 9.84. The van der Waals surface area contributed by atoms with E-state index in [9.17, 15) is 18.4 Å². The molecule has 2 amide bonds. The van der Waals surface area contributed by atoms with Gasteiger partial charge in [0.15, 0.2) is 5.13 Å². The van der Waals surface area contributed by atoms with Gasteiger partial charge in [0, 0.05) is 30.1 Å². The number of carbonyl (C=O) groups is 2. The number of hydrogen-bond acceptors (Lipinski definition) is 4. The Morgan fingerprint density at radius 3 is 2.58 bits per heavy atom. The number of thiazole rings is 1. The summed E-state index contributed by atoms with van der Waals surface area (Å²) in [6.07, 6.45) is 2.01. The first-order valence-electron chi connectivity index (χ1n) is 8.26. The van der Waals surface area contributed by atoms with Crippen molar-refractivity contribution in [1.82, 2.24) is 9.88 Å². The average Bonchev–Trinajstić information content (AvgIpc) is 3.00. The molecule has 1 aliphatic heterocycles. The molecular weight excluding hydrogens is 360 g/mol. The molecule has 138 valence electrons. The van der Waals surface area contributed by atoms with Crippen LogP contribution in [0.15, 0.2) is 23.6 Å². The Labute approximate surface area is 154 Å². The zero-order valence-electron chi connectivity index (χ0n) is 14.5. The molecule has 0 aliphatic carbocycles. The van der Waals surface area contributed by atoms with Crippen LogP contribution in [0.4, 0.5) is 13.9 Å². The van der Waals surface area contributed by atoms with Gasteiger partial charge in [0.1, 0.15) is 17.3 Å². The van der Waals surface area contributed by atoms with E-state index in [0.717, 1.165) is 36.3 Å². The fourth-order valence-corrected chi connectivity index (χ4v) is 3.72. The standard InChI is InChI=1S/C18H19F2N3O2S/c1-18(2)4-3-5-23(10-18)16(25)14-9-26-17(21-14)22-15(24)11-6-12(19)8-13(20)7-11/h6-9H,3-5,10H2,1-2H3,(H,21,22,24). The summed E-state index contributed by atoms with van der Waals surface area (Å²) in [5, 5.41) is 4.25. The van der Waals surface area contributed by atoms with Gasteiger partial charge in [-0.1, -0.05) is 13.8 Å². The molecule has 0 bridgehead atoms. The summed E-state index contributed by atoms with van der Waals surface area (Å²) in [6.45, 7) is 5.59. The molecule has 1 aromatic carbocycles. The topological polar surface area (TPSA) is 62.3 Å². The Bertz CT molecular complexity index is 830. The molecule has 3 rings (SSSR count). The highest BCUT2D eigenvalue weighted by Gasteiger charge is 2.30. The normalized spacial score (nSPS) is 16.4. The van der Waals surface area contributed by atoms with Crippen LogP contribution in [0.3, 0.4) is 0 Å². The van der Waals surface area contributed by atoms with E-state index in [2.05, 4.69) is 24.1 Å². The molecule has 1 N–H and O–H groups in total. The molecule has 1 aliphatic rings. The van der Waals surface area contributed by atoms with Gasteiger partial charge < -0.3 is 4.90 Å². The predicted octanol–water partition coefficient (Wildman–Crippen LogP) is 3.94. The van der Waals surface area contributed by atoms with Crippen molar-refractivity contribution in [2.45, 2.75) is 26.7 Å². The Kier molecular flexibility index (Phi) is 5.04. The highest BCUT2D eigenvalue weighted by atomic mass is 32.1. The van der Waals surface area contributed by atoms with E-state index in [1.807, 2.05) is 0 Å². The Morgan fingerprint density at radius 2 is 1.92 bits per heavy atom. The van der Waals surface area contributed by atoms with Gasteiger partial charge in [-0.3, -0.25) is 14.9 Å². The number of hydrogen-bond donors (Lipinski definition) is 1. The molecule has 2 aromatic rings. The fourth-order valence-electron chi connectivity index (χ4n) is 3.04. The second-order valence-corrected chi connectivity index (χ2v) is 8.00. The Balaban J connectivity index is 1.69. The zero-order chi connectivity index (χ0) is 18.9. The minimum absolute atomic E-state index is 0.0719. The number of rotatable bonds is 3. The number of anilines is 1. The van der Waals surface area contributed by atoms with Gasteiger partial charge in [-0.2, -0.15) is 0 Å². The smallest absolute Gasteiger partial charge is 0.273 e. The summed E-state index contributed by atoms with van der Waals surface area (Å²) < 4.78 is 26.4. The van der Waals surface area contributed by atoms with Crippen LogP contribution in [-0.4, -0.2) is 34.8 Å². The molecule has 1 fully saturated rings. The number of aromatic nitrogens is 1. The van der Waals surface area contributed by atoms with E-state index in [1.54, 1.807) is 10.3 Å². The van der Waals surface area contributed by atoms with E-state index in [0.29, 0.717) is 19.2 Å². The first kappa shape index (κ1) is 18.4. The molecule has 0 spiro atoms. The Hall–Kier alpha value is -2.35. The van der Waals surface area contributed by atoms with Crippen molar-refractivity contribution in [1.29, 1.82) is 0 Å². The van der Waals surface area contributed by atoms with Crippen LogP contribution in [0.2, 0.25) is 0 Å². The quantitative estimate of drug-likeness (QED) is 0.879. The predicted molar refractivity (Wildman–Crippen MR) is 95.3 cm³/mol. The summed E-state index contributed by atoms with van der Waals surface area (Å²) >= 11 is 1.10. The molecular formula is C18H19F2N3O2S. The number of amides is 2. The number of benzene rings is 1. The average molecular weight is 379 g/mol. The Morgan fingerprint density at radius 1 is 1.23 bits per heavy atom. The molecule has 0 radical (unpaired) electrons. The second-order valence-electron chi connectivity index (χ2n) is 7.14. The van der Waals surface area contributed by atoms with Gasteiger partial charge in [-0.25, -0.2) is 13.8 Å². The molecule has 8 heteroatoms. The lowest BCUT2D eigenvalue weighted by Gasteiger charge is -2.37. The lowest BCUT2D eigenvalue weighted by molar-refractivity contribution is 0.0578. The van der Waals surface area contributed by atoms with Gasteiger partial charge >= 0.3 is 0 Å². The van der Waals surface area contributed by atoms with E-state index < -0.39 is 17.5 Å². The fraction of sp³-hybridized carbons (Fsp3) is 0.389. The van der Waals surface area contributed by atoms with E-state index >= 15 is 0 Å². The van der Waals surface area contributed by atoms with E-state index in [-0.39, 0.29) is 27.7 Å². The number of nitrogens with zero attached hydrogens (tertiary/aromatic N) is 2. The van der Waals surface area contributed by atoms with Crippen LogP contribution < -0.4 is 5.32 Å². The van der Waals surface area contributed by atoms with Gasteiger partial charge in [0.05, 0.1) is 0 Å². The SMILES string of the molecule is CC1(C)CCCN(C(=O)c2csc(NC(=O)c3cc(F)cc(F)c3)n2)C1. The van der Waals surface area contributed by atoms with Crippen LogP contribution in [0.1, 0.15) is 47.5 Å². The first-order valence-corrected chi connectivity index (χ1v) is 9.14. The van der Waals surface area contributed by atoms with Crippen LogP contribution in [0, 0.1) is 17.0 Å². The number of halogens is 2. The summed E-state index contributed by atoms with van der Waals surface area (Å²) in [5.74, 6) is -2.53. The molecule has 0 unspecified atom stereocenters. The zero-order valence-corrected chi connectivity index (χ0v) is 15.3. The third-order valence-electron chi connectivity index (χ3n) is 4.26. The van der Waals surface area contributed by atoms with Gasteiger partial charge in [0.2, 0.25) is 0 Å². The molecule has 26 heavy (non-hydrogen) atoms. The van der Waals surface area contributed by atoms with Crippen molar-refractivity contribution >= 4 is 28.3 Å². The summed E-state index contributed by atoms with van der Waals surface area (Å²) in [7, 11) is 0. The maximum atomic E-state index is 13.2. The maximum Gasteiger partial charge on any atom is 0.273 e. The van der Waals surface area contributed by atoms with Crippen molar-refractivity contribution in [3.63, 3.8) is 0 Å².